The topological polar surface area (TPSA) is 30.5 Å². The van der Waals surface area contributed by atoms with Gasteiger partial charge in [0, 0.05) is 6.54 Å². The molecule has 3 nitrogen and oxygen atoms in total. The van der Waals surface area contributed by atoms with Gasteiger partial charge in [-0.05, 0) is 48.4 Å². The lowest BCUT2D eigenvalue weighted by molar-refractivity contribution is 0.217. The molecule has 0 aliphatic rings. The van der Waals surface area contributed by atoms with Crippen LogP contribution in [0.5, 0.6) is 11.5 Å². The van der Waals surface area contributed by atoms with Gasteiger partial charge in [-0.1, -0.05) is 60.7 Å². The molecule has 1 N–H and O–H groups in total. The quantitative estimate of drug-likeness (QED) is 0.549. The van der Waals surface area contributed by atoms with Gasteiger partial charge in [-0.25, -0.2) is 0 Å². The molecule has 0 saturated carbocycles. The Hall–Kier alpha value is -2.78. The summed E-state index contributed by atoms with van der Waals surface area (Å²) >= 11 is 0. The SMILES string of the molecule is c1ccc(CCNCc2ccc(OCCOc3ccccc3)cc2)cc1. The lowest BCUT2D eigenvalue weighted by atomic mass is 10.1. The number of rotatable bonds is 10. The van der Waals surface area contributed by atoms with Crippen LogP contribution in [0.25, 0.3) is 0 Å². The summed E-state index contributed by atoms with van der Waals surface area (Å²) in [4.78, 5) is 0. The highest BCUT2D eigenvalue weighted by molar-refractivity contribution is 5.27. The molecule has 26 heavy (non-hydrogen) atoms. The first kappa shape index (κ1) is 18.0. The monoisotopic (exact) mass is 347 g/mol. The van der Waals surface area contributed by atoms with Crippen molar-refractivity contribution in [3.05, 3.63) is 96.1 Å². The lowest BCUT2D eigenvalue weighted by Gasteiger charge is -2.09. The van der Waals surface area contributed by atoms with Crippen LogP contribution in [0, 0.1) is 0 Å². The lowest BCUT2D eigenvalue weighted by Crippen LogP contribution is -2.16. The zero-order valence-electron chi connectivity index (χ0n) is 14.9. The zero-order chi connectivity index (χ0) is 17.9. The van der Waals surface area contributed by atoms with E-state index in [1.54, 1.807) is 0 Å². The van der Waals surface area contributed by atoms with Crippen LogP contribution in [-0.4, -0.2) is 19.8 Å². The largest absolute Gasteiger partial charge is 0.490 e. The smallest absolute Gasteiger partial charge is 0.122 e. The number of benzene rings is 3. The second-order valence-corrected chi connectivity index (χ2v) is 6.07. The van der Waals surface area contributed by atoms with E-state index in [9.17, 15) is 0 Å². The maximum atomic E-state index is 5.72. The summed E-state index contributed by atoms with van der Waals surface area (Å²) in [6, 6.07) is 28.5. The van der Waals surface area contributed by atoms with Gasteiger partial charge < -0.3 is 14.8 Å². The molecule has 0 radical (unpaired) electrons. The van der Waals surface area contributed by atoms with Crippen molar-refractivity contribution in [2.75, 3.05) is 19.8 Å². The van der Waals surface area contributed by atoms with Crippen LogP contribution in [-0.2, 0) is 13.0 Å². The van der Waals surface area contributed by atoms with E-state index in [1.807, 2.05) is 48.5 Å². The Morgan fingerprint density at radius 1 is 0.577 bits per heavy atom. The normalized spacial score (nSPS) is 10.5. The second kappa shape index (κ2) is 10.3. The molecule has 0 spiro atoms. The van der Waals surface area contributed by atoms with Gasteiger partial charge in [-0.3, -0.25) is 0 Å². The van der Waals surface area contributed by atoms with Gasteiger partial charge in [0.25, 0.3) is 0 Å². The van der Waals surface area contributed by atoms with Crippen molar-refractivity contribution in [3.8, 4) is 11.5 Å². The van der Waals surface area contributed by atoms with E-state index in [-0.39, 0.29) is 0 Å². The molecule has 0 bridgehead atoms. The van der Waals surface area contributed by atoms with Gasteiger partial charge in [-0.2, -0.15) is 0 Å². The molecule has 3 aromatic carbocycles. The highest BCUT2D eigenvalue weighted by Crippen LogP contribution is 2.13. The first-order chi connectivity index (χ1) is 12.9. The maximum Gasteiger partial charge on any atom is 0.122 e. The molecular weight excluding hydrogens is 322 g/mol. The number of hydrogen-bond acceptors (Lipinski definition) is 3. The van der Waals surface area contributed by atoms with Crippen molar-refractivity contribution in [3.63, 3.8) is 0 Å². The number of nitrogens with one attached hydrogen (secondary N) is 1. The van der Waals surface area contributed by atoms with Crippen LogP contribution in [0.1, 0.15) is 11.1 Å². The summed E-state index contributed by atoms with van der Waals surface area (Å²) in [6.07, 6.45) is 1.05. The fourth-order valence-corrected chi connectivity index (χ4v) is 2.65. The van der Waals surface area contributed by atoms with Gasteiger partial charge in [0.2, 0.25) is 0 Å². The summed E-state index contributed by atoms with van der Waals surface area (Å²) in [7, 11) is 0. The summed E-state index contributed by atoms with van der Waals surface area (Å²) < 4.78 is 11.3. The van der Waals surface area contributed by atoms with Crippen molar-refractivity contribution in [1.82, 2.24) is 5.32 Å². The van der Waals surface area contributed by atoms with E-state index < -0.39 is 0 Å². The van der Waals surface area contributed by atoms with Gasteiger partial charge in [0.15, 0.2) is 0 Å². The van der Waals surface area contributed by atoms with E-state index in [2.05, 4.69) is 41.7 Å². The van der Waals surface area contributed by atoms with Crippen molar-refractivity contribution in [2.45, 2.75) is 13.0 Å². The Kier molecular flexibility index (Phi) is 7.12. The maximum absolute atomic E-state index is 5.72. The van der Waals surface area contributed by atoms with Gasteiger partial charge in [0.1, 0.15) is 24.7 Å². The Morgan fingerprint density at radius 2 is 1.15 bits per heavy atom. The Balaban J connectivity index is 1.31. The van der Waals surface area contributed by atoms with Gasteiger partial charge >= 0.3 is 0 Å². The van der Waals surface area contributed by atoms with Crippen molar-refractivity contribution < 1.29 is 9.47 Å². The average Bonchev–Trinajstić information content (AvgIpc) is 2.71. The third-order valence-corrected chi connectivity index (χ3v) is 4.05. The molecule has 134 valence electrons. The average molecular weight is 347 g/mol. The standard InChI is InChI=1S/C23H25NO2/c1-3-7-20(8-4-1)15-16-24-19-21-11-13-23(14-12-21)26-18-17-25-22-9-5-2-6-10-22/h1-14,24H,15-19H2. The molecule has 0 aliphatic heterocycles. The van der Waals surface area contributed by atoms with Crippen LogP contribution in [0.2, 0.25) is 0 Å². The molecular formula is C23H25NO2. The molecule has 0 fully saturated rings. The Morgan fingerprint density at radius 3 is 1.81 bits per heavy atom. The first-order valence-electron chi connectivity index (χ1n) is 9.04. The summed E-state index contributed by atoms with van der Waals surface area (Å²) in [6.45, 7) is 2.90. The first-order valence-corrected chi connectivity index (χ1v) is 9.04. The van der Waals surface area contributed by atoms with Crippen molar-refractivity contribution >= 4 is 0 Å². The van der Waals surface area contributed by atoms with E-state index in [0.717, 1.165) is 31.0 Å². The molecule has 0 saturated heterocycles. The van der Waals surface area contributed by atoms with E-state index >= 15 is 0 Å². The van der Waals surface area contributed by atoms with Crippen LogP contribution in [0.3, 0.4) is 0 Å². The molecule has 0 aromatic heterocycles. The van der Waals surface area contributed by atoms with Crippen LogP contribution in [0.15, 0.2) is 84.9 Å². The highest BCUT2D eigenvalue weighted by atomic mass is 16.5. The summed E-state index contributed by atoms with van der Waals surface area (Å²) in [5, 5.41) is 3.48. The zero-order valence-corrected chi connectivity index (χ0v) is 14.9. The van der Waals surface area contributed by atoms with Gasteiger partial charge in [0.05, 0.1) is 0 Å². The molecule has 3 rings (SSSR count). The Bertz CT molecular complexity index is 676. The number of ether oxygens (including phenoxy) is 2. The predicted octanol–water partition coefficient (Wildman–Crippen LogP) is 4.48. The fourth-order valence-electron chi connectivity index (χ4n) is 2.65. The molecule has 0 atom stereocenters. The van der Waals surface area contributed by atoms with E-state index in [4.69, 9.17) is 9.47 Å². The molecule has 0 unspecified atom stereocenters. The van der Waals surface area contributed by atoms with Crippen molar-refractivity contribution in [2.24, 2.45) is 0 Å². The molecule has 0 aliphatic carbocycles. The summed E-state index contributed by atoms with van der Waals surface area (Å²) in [5.41, 5.74) is 2.62. The molecule has 3 aromatic rings. The van der Waals surface area contributed by atoms with Crippen molar-refractivity contribution in [1.29, 1.82) is 0 Å². The highest BCUT2D eigenvalue weighted by Gasteiger charge is 1.98. The number of para-hydroxylation sites is 1. The third-order valence-electron chi connectivity index (χ3n) is 4.05. The van der Waals surface area contributed by atoms with E-state index in [0.29, 0.717) is 13.2 Å². The second-order valence-electron chi connectivity index (χ2n) is 6.07. The fraction of sp³-hybridized carbons (Fsp3) is 0.217. The minimum absolute atomic E-state index is 0.531. The van der Waals surface area contributed by atoms with Crippen LogP contribution >= 0.6 is 0 Å². The van der Waals surface area contributed by atoms with Crippen LogP contribution < -0.4 is 14.8 Å². The minimum Gasteiger partial charge on any atom is -0.490 e. The van der Waals surface area contributed by atoms with Crippen LogP contribution in [0.4, 0.5) is 0 Å². The molecule has 3 heteroatoms. The molecule has 0 amide bonds. The predicted molar refractivity (Wildman–Crippen MR) is 106 cm³/mol. The number of hydrogen-bond donors (Lipinski definition) is 1. The van der Waals surface area contributed by atoms with Gasteiger partial charge in [-0.15, -0.1) is 0 Å². The molecule has 0 heterocycles. The third kappa shape index (κ3) is 6.26. The minimum atomic E-state index is 0.531. The van der Waals surface area contributed by atoms with E-state index in [1.165, 1.54) is 11.1 Å². The summed E-state index contributed by atoms with van der Waals surface area (Å²) in [5.74, 6) is 1.74. The Labute approximate surface area is 155 Å².